The highest BCUT2D eigenvalue weighted by Crippen LogP contribution is 2.36. The Hall–Kier alpha value is -1.75. The Morgan fingerprint density at radius 3 is 2.67 bits per heavy atom. The highest BCUT2D eigenvalue weighted by atomic mass is 16.5. The van der Waals surface area contributed by atoms with Crippen LogP contribution < -0.4 is 9.47 Å². The van der Waals surface area contributed by atoms with E-state index in [-0.39, 0.29) is 17.9 Å². The van der Waals surface area contributed by atoms with Crippen molar-refractivity contribution in [3.63, 3.8) is 0 Å². The number of hydrogen-bond acceptors (Lipinski definition) is 4. The normalized spacial score (nSPS) is 21.5. The van der Waals surface area contributed by atoms with Crippen LogP contribution >= 0.6 is 0 Å². The van der Waals surface area contributed by atoms with Crippen LogP contribution in [-0.4, -0.2) is 50.8 Å². The lowest BCUT2D eigenvalue weighted by Crippen LogP contribution is -2.28. The summed E-state index contributed by atoms with van der Waals surface area (Å²) in [7, 11) is 3.33. The quantitative estimate of drug-likeness (QED) is 0.770. The van der Waals surface area contributed by atoms with E-state index in [0.29, 0.717) is 19.6 Å². The van der Waals surface area contributed by atoms with Crippen molar-refractivity contribution in [3.8, 4) is 11.5 Å². The summed E-state index contributed by atoms with van der Waals surface area (Å²) in [5.74, 6) is 1.99. The van der Waals surface area contributed by atoms with Crippen molar-refractivity contribution in [1.82, 2.24) is 4.90 Å². The van der Waals surface area contributed by atoms with Crippen molar-refractivity contribution in [2.45, 2.75) is 44.1 Å². The van der Waals surface area contributed by atoms with Crippen LogP contribution in [0, 0.1) is 0 Å². The van der Waals surface area contributed by atoms with Crippen LogP contribution in [0.1, 0.15) is 43.6 Å². The van der Waals surface area contributed by atoms with E-state index >= 15 is 0 Å². The summed E-state index contributed by atoms with van der Waals surface area (Å²) in [6.45, 7) is 1.99. The Bertz CT molecular complexity index is 568. The average molecular weight is 333 g/mol. The maximum Gasteiger partial charge on any atom is 0.223 e. The van der Waals surface area contributed by atoms with Gasteiger partial charge < -0.3 is 19.1 Å². The van der Waals surface area contributed by atoms with E-state index in [1.54, 1.807) is 14.2 Å². The molecule has 0 aromatic heterocycles. The standard InChI is InChI=1S/C19H27NO4/c1-22-10-9-20-13-15(12-19(20)21)14-7-8-17(23-2)18(11-14)24-16-5-3-4-6-16/h7-8,11,15-16H,3-6,9-10,12-13H2,1-2H3/t15-/m1/s1. The number of rotatable bonds is 7. The second-order valence-electron chi connectivity index (χ2n) is 6.67. The predicted octanol–water partition coefficient (Wildman–Crippen LogP) is 2.98. The molecule has 0 spiro atoms. The fraction of sp³-hybridized carbons (Fsp3) is 0.632. The first-order valence-electron chi connectivity index (χ1n) is 8.82. The molecule has 1 amide bonds. The van der Waals surface area contributed by atoms with E-state index in [4.69, 9.17) is 14.2 Å². The van der Waals surface area contributed by atoms with Gasteiger partial charge in [0.05, 0.1) is 19.8 Å². The van der Waals surface area contributed by atoms with Crippen molar-refractivity contribution in [3.05, 3.63) is 23.8 Å². The number of benzene rings is 1. The van der Waals surface area contributed by atoms with E-state index in [9.17, 15) is 4.79 Å². The van der Waals surface area contributed by atoms with Gasteiger partial charge in [-0.2, -0.15) is 0 Å². The van der Waals surface area contributed by atoms with Crippen LogP contribution in [0.2, 0.25) is 0 Å². The largest absolute Gasteiger partial charge is 0.493 e. The summed E-state index contributed by atoms with van der Waals surface area (Å²) >= 11 is 0. The van der Waals surface area contributed by atoms with Gasteiger partial charge in [0.1, 0.15) is 0 Å². The molecule has 1 heterocycles. The Morgan fingerprint density at radius 1 is 1.17 bits per heavy atom. The molecule has 0 radical (unpaired) electrons. The van der Waals surface area contributed by atoms with E-state index in [1.165, 1.54) is 12.8 Å². The monoisotopic (exact) mass is 333 g/mol. The smallest absolute Gasteiger partial charge is 0.223 e. The molecule has 132 valence electrons. The molecule has 0 bridgehead atoms. The summed E-state index contributed by atoms with van der Waals surface area (Å²) in [5, 5.41) is 0. The van der Waals surface area contributed by atoms with Crippen molar-refractivity contribution in [2.24, 2.45) is 0 Å². The first-order valence-corrected chi connectivity index (χ1v) is 8.82. The first kappa shape index (κ1) is 17.1. The zero-order chi connectivity index (χ0) is 16.9. The molecule has 3 rings (SSSR count). The van der Waals surface area contributed by atoms with Gasteiger partial charge in [-0.1, -0.05) is 6.07 Å². The zero-order valence-corrected chi connectivity index (χ0v) is 14.6. The number of hydrogen-bond donors (Lipinski definition) is 0. The highest BCUT2D eigenvalue weighted by molar-refractivity contribution is 5.79. The minimum absolute atomic E-state index is 0.200. The highest BCUT2D eigenvalue weighted by Gasteiger charge is 2.31. The molecule has 0 N–H and O–H groups in total. The van der Waals surface area contributed by atoms with Crippen LogP contribution in [0.5, 0.6) is 11.5 Å². The zero-order valence-electron chi connectivity index (χ0n) is 14.6. The Balaban J connectivity index is 1.72. The lowest BCUT2D eigenvalue weighted by Gasteiger charge is -2.19. The van der Waals surface area contributed by atoms with Gasteiger partial charge >= 0.3 is 0 Å². The van der Waals surface area contributed by atoms with Gasteiger partial charge in [0, 0.05) is 32.5 Å². The van der Waals surface area contributed by atoms with Gasteiger partial charge in [0.2, 0.25) is 5.91 Å². The summed E-state index contributed by atoms with van der Waals surface area (Å²) < 4.78 is 16.7. The number of carbonyl (C=O) groups is 1. The first-order chi connectivity index (χ1) is 11.7. The van der Waals surface area contributed by atoms with Crippen LogP contribution in [0.3, 0.4) is 0 Å². The van der Waals surface area contributed by atoms with Gasteiger partial charge in [-0.3, -0.25) is 4.79 Å². The number of nitrogens with zero attached hydrogens (tertiary/aromatic N) is 1. The fourth-order valence-corrected chi connectivity index (χ4v) is 3.64. The third-order valence-corrected chi connectivity index (χ3v) is 5.03. The summed E-state index contributed by atoms with van der Waals surface area (Å²) in [6.07, 6.45) is 5.54. The van der Waals surface area contributed by atoms with E-state index in [1.807, 2.05) is 11.0 Å². The minimum atomic E-state index is 0.200. The van der Waals surface area contributed by atoms with E-state index in [2.05, 4.69) is 12.1 Å². The molecular formula is C19H27NO4. The van der Waals surface area contributed by atoms with E-state index < -0.39 is 0 Å². The summed E-state index contributed by atoms with van der Waals surface area (Å²) in [5.41, 5.74) is 1.15. The van der Waals surface area contributed by atoms with Crippen molar-refractivity contribution in [2.75, 3.05) is 33.9 Å². The second-order valence-corrected chi connectivity index (χ2v) is 6.67. The van der Waals surface area contributed by atoms with Crippen molar-refractivity contribution >= 4 is 5.91 Å². The van der Waals surface area contributed by atoms with Crippen LogP contribution in [-0.2, 0) is 9.53 Å². The lowest BCUT2D eigenvalue weighted by atomic mass is 9.98. The number of ether oxygens (including phenoxy) is 3. The molecule has 1 aromatic rings. The Kier molecular flexibility index (Phi) is 5.61. The molecular weight excluding hydrogens is 306 g/mol. The summed E-state index contributed by atoms with van der Waals surface area (Å²) in [4.78, 5) is 14.0. The molecule has 24 heavy (non-hydrogen) atoms. The number of amides is 1. The molecule has 5 heteroatoms. The third kappa shape index (κ3) is 3.83. The molecule has 1 saturated heterocycles. The molecule has 5 nitrogen and oxygen atoms in total. The molecule has 2 aliphatic rings. The molecule has 1 aromatic carbocycles. The van der Waals surface area contributed by atoms with Crippen molar-refractivity contribution < 1.29 is 19.0 Å². The lowest BCUT2D eigenvalue weighted by molar-refractivity contribution is -0.128. The van der Waals surface area contributed by atoms with Gasteiger partial charge in [0.15, 0.2) is 11.5 Å². The van der Waals surface area contributed by atoms with Crippen LogP contribution in [0.25, 0.3) is 0 Å². The van der Waals surface area contributed by atoms with Crippen LogP contribution in [0.4, 0.5) is 0 Å². The maximum atomic E-state index is 12.2. The topological polar surface area (TPSA) is 48.0 Å². The summed E-state index contributed by atoms with van der Waals surface area (Å²) in [6, 6.07) is 6.08. The van der Waals surface area contributed by atoms with Gasteiger partial charge in [-0.25, -0.2) is 0 Å². The van der Waals surface area contributed by atoms with Crippen molar-refractivity contribution in [1.29, 1.82) is 0 Å². The molecule has 2 fully saturated rings. The number of likely N-dealkylation sites (tertiary alicyclic amines) is 1. The maximum absolute atomic E-state index is 12.2. The molecule has 1 aliphatic carbocycles. The predicted molar refractivity (Wildman–Crippen MR) is 91.7 cm³/mol. The number of carbonyl (C=O) groups excluding carboxylic acids is 1. The third-order valence-electron chi connectivity index (χ3n) is 5.03. The minimum Gasteiger partial charge on any atom is -0.493 e. The molecule has 1 atom stereocenters. The van der Waals surface area contributed by atoms with E-state index in [0.717, 1.165) is 36.4 Å². The molecule has 1 saturated carbocycles. The van der Waals surface area contributed by atoms with Gasteiger partial charge in [-0.05, 0) is 43.4 Å². The Labute approximate surface area is 143 Å². The van der Waals surface area contributed by atoms with Gasteiger partial charge in [-0.15, -0.1) is 0 Å². The number of methoxy groups -OCH3 is 2. The average Bonchev–Trinajstić information content (AvgIpc) is 3.22. The molecule has 0 unspecified atom stereocenters. The molecule has 1 aliphatic heterocycles. The fourth-order valence-electron chi connectivity index (χ4n) is 3.64. The second kappa shape index (κ2) is 7.88. The Morgan fingerprint density at radius 2 is 1.96 bits per heavy atom. The van der Waals surface area contributed by atoms with Crippen LogP contribution in [0.15, 0.2) is 18.2 Å². The van der Waals surface area contributed by atoms with Gasteiger partial charge in [0.25, 0.3) is 0 Å². The SMILES string of the molecule is COCCN1C[C@H](c2ccc(OC)c(OC3CCCC3)c2)CC1=O.